The number of rotatable bonds is 4. The molecule has 0 bridgehead atoms. The molecule has 2 saturated heterocycles. The maximum atomic E-state index is 11.6. The van der Waals surface area contributed by atoms with Crippen LogP contribution >= 0.6 is 0 Å². The second kappa shape index (κ2) is 6.21. The number of hydrogen-bond donors (Lipinski definition) is 1. The molecule has 1 amide bonds. The summed E-state index contributed by atoms with van der Waals surface area (Å²) in [6.45, 7) is 4.87. The highest BCUT2D eigenvalue weighted by Gasteiger charge is 2.23. The molecule has 4 nitrogen and oxygen atoms in total. The largest absolute Gasteiger partial charge is 0.368 e. The minimum Gasteiger partial charge on any atom is -0.368 e. The Balaban J connectivity index is 1.57. The van der Waals surface area contributed by atoms with Crippen LogP contribution in [-0.2, 0) is 9.53 Å². The first-order chi connectivity index (χ1) is 7.86. The van der Waals surface area contributed by atoms with Gasteiger partial charge in [0.25, 0.3) is 0 Å². The van der Waals surface area contributed by atoms with Gasteiger partial charge >= 0.3 is 0 Å². The van der Waals surface area contributed by atoms with E-state index in [-0.39, 0.29) is 12.0 Å². The van der Waals surface area contributed by atoms with Crippen LogP contribution in [0.3, 0.4) is 0 Å². The lowest BCUT2D eigenvalue weighted by atomic mass is 10.1. The van der Waals surface area contributed by atoms with E-state index >= 15 is 0 Å². The van der Waals surface area contributed by atoms with Gasteiger partial charge in [-0.25, -0.2) is 0 Å². The molecule has 2 aliphatic heterocycles. The Kier molecular flexibility index (Phi) is 4.60. The Morgan fingerprint density at radius 1 is 1.25 bits per heavy atom. The molecule has 2 fully saturated rings. The van der Waals surface area contributed by atoms with Crippen molar-refractivity contribution in [2.24, 2.45) is 0 Å². The molecule has 0 saturated carbocycles. The minimum atomic E-state index is -0.179. The number of likely N-dealkylation sites (tertiary alicyclic amines) is 1. The molecule has 2 rings (SSSR count). The Morgan fingerprint density at radius 3 is 2.75 bits per heavy atom. The third kappa shape index (κ3) is 3.46. The summed E-state index contributed by atoms with van der Waals surface area (Å²) in [5, 5.41) is 2.97. The molecule has 0 spiro atoms. The topological polar surface area (TPSA) is 41.6 Å². The lowest BCUT2D eigenvalue weighted by Gasteiger charge is -2.26. The van der Waals surface area contributed by atoms with Gasteiger partial charge in [0.15, 0.2) is 0 Å². The van der Waals surface area contributed by atoms with Crippen LogP contribution in [0, 0.1) is 0 Å². The first kappa shape index (κ1) is 11.9. The number of piperidine rings is 1. The van der Waals surface area contributed by atoms with Gasteiger partial charge in [-0.05, 0) is 38.8 Å². The molecule has 2 aliphatic rings. The Bertz CT molecular complexity index is 221. The molecule has 1 N–H and O–H groups in total. The number of hydrogen-bond acceptors (Lipinski definition) is 3. The van der Waals surface area contributed by atoms with E-state index in [0.29, 0.717) is 0 Å². The van der Waals surface area contributed by atoms with Crippen molar-refractivity contribution < 1.29 is 9.53 Å². The van der Waals surface area contributed by atoms with E-state index in [4.69, 9.17) is 4.74 Å². The van der Waals surface area contributed by atoms with Crippen molar-refractivity contribution in [2.75, 3.05) is 32.8 Å². The van der Waals surface area contributed by atoms with E-state index in [9.17, 15) is 4.79 Å². The van der Waals surface area contributed by atoms with Crippen LogP contribution in [0.5, 0.6) is 0 Å². The zero-order valence-corrected chi connectivity index (χ0v) is 9.91. The monoisotopic (exact) mass is 226 g/mol. The van der Waals surface area contributed by atoms with Crippen LogP contribution in [0.4, 0.5) is 0 Å². The maximum Gasteiger partial charge on any atom is 0.249 e. The SMILES string of the molecule is O=C(NCCN1CCCCC1)[C@H]1CCCO1. The number of ether oxygens (including phenoxy) is 1. The van der Waals surface area contributed by atoms with Crippen LogP contribution in [0.25, 0.3) is 0 Å². The fourth-order valence-corrected chi connectivity index (χ4v) is 2.42. The van der Waals surface area contributed by atoms with Crippen LogP contribution in [0.15, 0.2) is 0 Å². The summed E-state index contributed by atoms with van der Waals surface area (Å²) in [7, 11) is 0. The van der Waals surface area contributed by atoms with Crippen LogP contribution in [0.2, 0.25) is 0 Å². The van der Waals surface area contributed by atoms with Crippen molar-refractivity contribution in [1.82, 2.24) is 10.2 Å². The molecule has 0 aromatic carbocycles. The summed E-state index contributed by atoms with van der Waals surface area (Å²) in [6, 6.07) is 0. The van der Waals surface area contributed by atoms with E-state index in [0.717, 1.165) is 32.5 Å². The normalized spacial score (nSPS) is 26.9. The molecule has 2 heterocycles. The van der Waals surface area contributed by atoms with E-state index in [1.165, 1.54) is 32.4 Å². The zero-order valence-electron chi connectivity index (χ0n) is 9.91. The zero-order chi connectivity index (χ0) is 11.2. The molecule has 0 aromatic heterocycles. The highest BCUT2D eigenvalue weighted by Crippen LogP contribution is 2.11. The molecule has 0 aromatic rings. The van der Waals surface area contributed by atoms with Crippen molar-refractivity contribution in [3.63, 3.8) is 0 Å². The highest BCUT2D eigenvalue weighted by atomic mass is 16.5. The predicted molar refractivity (Wildman–Crippen MR) is 62.3 cm³/mol. The number of nitrogens with zero attached hydrogens (tertiary/aromatic N) is 1. The first-order valence-corrected chi connectivity index (χ1v) is 6.48. The van der Waals surface area contributed by atoms with Gasteiger partial charge in [0, 0.05) is 19.7 Å². The molecular formula is C12H22N2O2. The molecule has 92 valence electrons. The van der Waals surface area contributed by atoms with E-state index in [2.05, 4.69) is 10.2 Å². The van der Waals surface area contributed by atoms with Gasteiger partial charge < -0.3 is 15.0 Å². The Labute approximate surface area is 97.3 Å². The van der Waals surface area contributed by atoms with Crippen LogP contribution in [0.1, 0.15) is 32.1 Å². The van der Waals surface area contributed by atoms with Gasteiger partial charge in [-0.15, -0.1) is 0 Å². The first-order valence-electron chi connectivity index (χ1n) is 6.48. The van der Waals surface area contributed by atoms with E-state index in [1.807, 2.05) is 0 Å². The van der Waals surface area contributed by atoms with Gasteiger partial charge in [0.1, 0.15) is 6.10 Å². The minimum absolute atomic E-state index is 0.0782. The van der Waals surface area contributed by atoms with Crippen molar-refractivity contribution >= 4 is 5.91 Å². The van der Waals surface area contributed by atoms with Crippen molar-refractivity contribution in [2.45, 2.75) is 38.2 Å². The van der Waals surface area contributed by atoms with Gasteiger partial charge in [-0.1, -0.05) is 6.42 Å². The smallest absolute Gasteiger partial charge is 0.249 e. The molecule has 0 radical (unpaired) electrons. The number of nitrogens with one attached hydrogen (secondary N) is 1. The predicted octanol–water partition coefficient (Wildman–Crippen LogP) is 0.767. The summed E-state index contributed by atoms with van der Waals surface area (Å²) >= 11 is 0. The van der Waals surface area contributed by atoms with Crippen LogP contribution < -0.4 is 5.32 Å². The highest BCUT2D eigenvalue weighted by molar-refractivity contribution is 5.80. The molecule has 1 atom stereocenters. The maximum absolute atomic E-state index is 11.6. The van der Waals surface area contributed by atoms with E-state index < -0.39 is 0 Å². The molecule has 0 unspecified atom stereocenters. The second-order valence-corrected chi connectivity index (χ2v) is 4.69. The number of carbonyl (C=O) groups is 1. The van der Waals surface area contributed by atoms with Crippen molar-refractivity contribution in [3.8, 4) is 0 Å². The Hall–Kier alpha value is -0.610. The summed E-state index contributed by atoms with van der Waals surface area (Å²) in [5.74, 6) is 0.0782. The summed E-state index contributed by atoms with van der Waals surface area (Å²) < 4.78 is 5.33. The number of amides is 1. The molecule has 0 aliphatic carbocycles. The molecule has 4 heteroatoms. The Morgan fingerprint density at radius 2 is 2.06 bits per heavy atom. The average Bonchev–Trinajstić information content (AvgIpc) is 2.84. The second-order valence-electron chi connectivity index (χ2n) is 4.69. The standard InChI is InChI=1S/C12H22N2O2/c15-12(11-5-4-10-16-11)13-6-9-14-7-2-1-3-8-14/h11H,1-10H2,(H,13,15)/t11-/m1/s1. The van der Waals surface area contributed by atoms with Gasteiger partial charge in [0.05, 0.1) is 0 Å². The summed E-state index contributed by atoms with van der Waals surface area (Å²) in [4.78, 5) is 14.1. The fourth-order valence-electron chi connectivity index (χ4n) is 2.42. The third-order valence-electron chi connectivity index (χ3n) is 3.40. The van der Waals surface area contributed by atoms with Gasteiger partial charge in [0.2, 0.25) is 5.91 Å². The average molecular weight is 226 g/mol. The summed E-state index contributed by atoms with van der Waals surface area (Å²) in [6.07, 6.45) is 5.69. The molecule has 16 heavy (non-hydrogen) atoms. The summed E-state index contributed by atoms with van der Waals surface area (Å²) in [5.41, 5.74) is 0. The van der Waals surface area contributed by atoms with Crippen molar-refractivity contribution in [1.29, 1.82) is 0 Å². The van der Waals surface area contributed by atoms with Crippen molar-refractivity contribution in [3.05, 3.63) is 0 Å². The van der Waals surface area contributed by atoms with Gasteiger partial charge in [-0.3, -0.25) is 4.79 Å². The fraction of sp³-hybridized carbons (Fsp3) is 0.917. The van der Waals surface area contributed by atoms with Gasteiger partial charge in [-0.2, -0.15) is 0 Å². The number of carbonyl (C=O) groups excluding carboxylic acids is 1. The van der Waals surface area contributed by atoms with E-state index in [1.54, 1.807) is 0 Å². The molecular weight excluding hydrogens is 204 g/mol. The lowest BCUT2D eigenvalue weighted by Crippen LogP contribution is -2.41. The lowest BCUT2D eigenvalue weighted by molar-refractivity contribution is -0.130. The quantitative estimate of drug-likeness (QED) is 0.770. The third-order valence-corrected chi connectivity index (χ3v) is 3.40. The van der Waals surface area contributed by atoms with Crippen LogP contribution in [-0.4, -0.2) is 49.7 Å².